The maximum Gasteiger partial charge on any atom is 0.246 e. The van der Waals surface area contributed by atoms with Gasteiger partial charge in [-0.2, -0.15) is 11.3 Å². The molecular formula is C18H18N4O2S2. The monoisotopic (exact) mass is 386 g/mol. The van der Waals surface area contributed by atoms with Crippen molar-refractivity contribution in [2.75, 3.05) is 5.75 Å². The molecule has 2 N–H and O–H groups in total. The van der Waals surface area contributed by atoms with Crippen LogP contribution in [0.4, 0.5) is 0 Å². The third-order valence-corrected chi connectivity index (χ3v) is 6.31. The molecule has 2 aliphatic rings. The first-order chi connectivity index (χ1) is 12.7. The van der Waals surface area contributed by atoms with E-state index in [9.17, 15) is 9.59 Å². The van der Waals surface area contributed by atoms with Crippen LogP contribution in [-0.4, -0.2) is 39.7 Å². The fraction of sp³-hybridized carbons (Fsp3) is 0.333. The van der Waals surface area contributed by atoms with E-state index in [0.717, 1.165) is 16.2 Å². The minimum Gasteiger partial charge on any atom is -0.349 e. The molecule has 3 atom stereocenters. The topological polar surface area (TPSA) is 83.5 Å². The van der Waals surface area contributed by atoms with E-state index in [1.807, 2.05) is 29.0 Å². The minimum atomic E-state index is -0.399. The third-order valence-electron chi connectivity index (χ3n) is 4.51. The van der Waals surface area contributed by atoms with Crippen molar-refractivity contribution in [3.63, 3.8) is 0 Å². The predicted molar refractivity (Wildman–Crippen MR) is 103 cm³/mol. The largest absolute Gasteiger partial charge is 0.349 e. The van der Waals surface area contributed by atoms with Crippen LogP contribution in [0.5, 0.6) is 0 Å². The Kier molecular flexibility index (Phi) is 5.03. The third kappa shape index (κ3) is 3.66. The summed E-state index contributed by atoms with van der Waals surface area (Å²) in [6.45, 7) is 0. The molecule has 8 heteroatoms. The summed E-state index contributed by atoms with van der Waals surface area (Å²) in [7, 11) is 0. The number of aliphatic imine (C=N–C) groups is 1. The van der Waals surface area contributed by atoms with Gasteiger partial charge in [0, 0.05) is 30.1 Å². The summed E-state index contributed by atoms with van der Waals surface area (Å²) < 4.78 is 0. The van der Waals surface area contributed by atoms with Gasteiger partial charge in [-0.3, -0.25) is 19.6 Å². The molecule has 2 amide bonds. The lowest BCUT2D eigenvalue weighted by molar-refractivity contribution is -0.127. The highest BCUT2D eigenvalue weighted by molar-refractivity contribution is 8.14. The maximum atomic E-state index is 12.7. The first kappa shape index (κ1) is 17.2. The van der Waals surface area contributed by atoms with Gasteiger partial charge in [0.25, 0.3) is 0 Å². The number of carbonyl (C=O) groups is 2. The first-order valence-electron chi connectivity index (χ1n) is 8.43. The molecular weight excluding hydrogens is 368 g/mol. The number of aromatic nitrogens is 1. The molecule has 1 unspecified atom stereocenters. The second-order valence-corrected chi connectivity index (χ2v) is 8.04. The number of pyridine rings is 1. The predicted octanol–water partition coefficient (Wildman–Crippen LogP) is 2.14. The number of amides is 2. The SMILES string of the molecule is O=C1CC[C@@H](NC(=O)C2CSC(c3ccncc3)=N2)[C@H](c2ccsc2)N1. The zero-order valence-electron chi connectivity index (χ0n) is 13.9. The van der Waals surface area contributed by atoms with Crippen LogP contribution in [0.25, 0.3) is 0 Å². The molecule has 1 fully saturated rings. The lowest BCUT2D eigenvalue weighted by Crippen LogP contribution is -2.52. The number of hydrogen-bond acceptors (Lipinski definition) is 6. The van der Waals surface area contributed by atoms with E-state index in [1.54, 1.807) is 35.5 Å². The van der Waals surface area contributed by atoms with Crippen LogP contribution in [0, 0.1) is 0 Å². The van der Waals surface area contributed by atoms with Gasteiger partial charge in [0.15, 0.2) is 0 Å². The van der Waals surface area contributed by atoms with Crippen molar-refractivity contribution in [1.29, 1.82) is 0 Å². The summed E-state index contributed by atoms with van der Waals surface area (Å²) in [4.78, 5) is 33.1. The van der Waals surface area contributed by atoms with E-state index in [2.05, 4.69) is 20.6 Å². The highest BCUT2D eigenvalue weighted by Crippen LogP contribution is 2.27. The number of thiophene rings is 1. The van der Waals surface area contributed by atoms with E-state index in [0.29, 0.717) is 18.6 Å². The van der Waals surface area contributed by atoms with Crippen molar-refractivity contribution in [3.8, 4) is 0 Å². The molecule has 2 aromatic heterocycles. The molecule has 0 bridgehead atoms. The zero-order valence-corrected chi connectivity index (χ0v) is 15.6. The highest BCUT2D eigenvalue weighted by Gasteiger charge is 2.34. The van der Waals surface area contributed by atoms with Gasteiger partial charge in [-0.05, 0) is 40.9 Å². The Morgan fingerprint density at radius 1 is 1.27 bits per heavy atom. The minimum absolute atomic E-state index is 0.0288. The van der Waals surface area contributed by atoms with E-state index in [1.165, 1.54) is 0 Å². The van der Waals surface area contributed by atoms with E-state index in [-0.39, 0.29) is 23.9 Å². The number of thioether (sulfide) groups is 1. The van der Waals surface area contributed by atoms with Crippen LogP contribution in [0.15, 0.2) is 46.3 Å². The average molecular weight is 387 g/mol. The standard InChI is InChI=1S/C18H18N4O2S2/c23-15-2-1-13(16(22-15)12-5-8-25-9-12)20-17(24)14-10-26-18(21-14)11-3-6-19-7-4-11/h3-9,13-14,16H,1-2,10H2,(H,20,24)(H,22,23)/t13-,14?,16+/m1/s1. The van der Waals surface area contributed by atoms with Gasteiger partial charge < -0.3 is 10.6 Å². The molecule has 1 saturated heterocycles. The molecule has 0 aromatic carbocycles. The molecule has 134 valence electrons. The second-order valence-electron chi connectivity index (χ2n) is 6.25. The van der Waals surface area contributed by atoms with Gasteiger partial charge in [0.05, 0.1) is 17.1 Å². The fourth-order valence-corrected chi connectivity index (χ4v) is 4.90. The Hall–Kier alpha value is -2.19. The van der Waals surface area contributed by atoms with Crippen LogP contribution in [0.3, 0.4) is 0 Å². The number of carbonyl (C=O) groups excluding carboxylic acids is 2. The quantitative estimate of drug-likeness (QED) is 0.843. The van der Waals surface area contributed by atoms with E-state index >= 15 is 0 Å². The van der Waals surface area contributed by atoms with Gasteiger partial charge >= 0.3 is 0 Å². The summed E-state index contributed by atoms with van der Waals surface area (Å²) in [5.41, 5.74) is 2.02. The average Bonchev–Trinajstić information content (AvgIpc) is 3.36. The lowest BCUT2D eigenvalue weighted by atomic mass is 9.93. The summed E-state index contributed by atoms with van der Waals surface area (Å²) in [6, 6.07) is 5.10. The van der Waals surface area contributed by atoms with Gasteiger partial charge in [-0.15, -0.1) is 11.8 Å². The van der Waals surface area contributed by atoms with Crippen molar-refractivity contribution in [3.05, 3.63) is 52.5 Å². The molecule has 2 aromatic rings. The van der Waals surface area contributed by atoms with E-state index < -0.39 is 6.04 Å². The second kappa shape index (κ2) is 7.59. The smallest absolute Gasteiger partial charge is 0.246 e. The van der Waals surface area contributed by atoms with Crippen molar-refractivity contribution in [2.24, 2.45) is 4.99 Å². The number of nitrogens with one attached hydrogen (secondary N) is 2. The van der Waals surface area contributed by atoms with Crippen LogP contribution in [-0.2, 0) is 9.59 Å². The molecule has 0 saturated carbocycles. The molecule has 26 heavy (non-hydrogen) atoms. The van der Waals surface area contributed by atoms with Crippen molar-refractivity contribution in [1.82, 2.24) is 15.6 Å². The Morgan fingerprint density at radius 3 is 2.88 bits per heavy atom. The van der Waals surface area contributed by atoms with Crippen LogP contribution >= 0.6 is 23.1 Å². The van der Waals surface area contributed by atoms with Crippen molar-refractivity contribution in [2.45, 2.75) is 31.0 Å². The lowest BCUT2D eigenvalue weighted by Gasteiger charge is -2.33. The Balaban J connectivity index is 1.45. The Morgan fingerprint density at radius 2 is 2.12 bits per heavy atom. The molecule has 0 aliphatic carbocycles. The van der Waals surface area contributed by atoms with Gasteiger partial charge in [0.1, 0.15) is 6.04 Å². The first-order valence-corrected chi connectivity index (χ1v) is 10.4. The summed E-state index contributed by atoms with van der Waals surface area (Å²) in [5.74, 6) is 0.579. The Bertz CT molecular complexity index is 823. The van der Waals surface area contributed by atoms with Crippen LogP contribution in [0.1, 0.15) is 30.0 Å². The molecule has 0 radical (unpaired) electrons. The van der Waals surface area contributed by atoms with Gasteiger partial charge in [-0.1, -0.05) is 0 Å². The summed E-state index contributed by atoms with van der Waals surface area (Å²) >= 11 is 3.17. The molecule has 2 aliphatic heterocycles. The molecule has 4 rings (SSSR count). The highest BCUT2D eigenvalue weighted by atomic mass is 32.2. The number of piperidine rings is 1. The number of nitrogens with zero attached hydrogens (tertiary/aromatic N) is 2. The van der Waals surface area contributed by atoms with Crippen molar-refractivity contribution >= 4 is 40.0 Å². The van der Waals surface area contributed by atoms with Gasteiger partial charge in [0.2, 0.25) is 11.8 Å². The fourth-order valence-electron chi connectivity index (χ4n) is 3.16. The molecule has 6 nitrogen and oxygen atoms in total. The molecule has 0 spiro atoms. The zero-order chi connectivity index (χ0) is 17.9. The van der Waals surface area contributed by atoms with Crippen LogP contribution < -0.4 is 10.6 Å². The maximum absolute atomic E-state index is 12.7. The summed E-state index contributed by atoms with van der Waals surface area (Å²) in [6.07, 6.45) is 4.51. The number of rotatable bonds is 4. The number of hydrogen-bond donors (Lipinski definition) is 2. The normalized spacial score (nSPS) is 25.5. The van der Waals surface area contributed by atoms with Crippen molar-refractivity contribution < 1.29 is 9.59 Å². The summed E-state index contributed by atoms with van der Waals surface area (Å²) in [5, 5.41) is 11.0. The Labute approximate surface area is 159 Å². The van der Waals surface area contributed by atoms with E-state index in [4.69, 9.17) is 0 Å². The van der Waals surface area contributed by atoms with Gasteiger partial charge in [-0.25, -0.2) is 0 Å². The van der Waals surface area contributed by atoms with Crippen LogP contribution in [0.2, 0.25) is 0 Å². The molecule has 4 heterocycles.